The lowest BCUT2D eigenvalue weighted by molar-refractivity contribution is -0.172. The minimum atomic E-state index is -0.854. The summed E-state index contributed by atoms with van der Waals surface area (Å²) in [6.07, 6.45) is -0.106. The van der Waals surface area contributed by atoms with Gasteiger partial charge in [0.1, 0.15) is 6.10 Å². The van der Waals surface area contributed by atoms with Gasteiger partial charge >= 0.3 is 0 Å². The Bertz CT molecular complexity index is 484. The first kappa shape index (κ1) is 16.1. The van der Waals surface area contributed by atoms with Crippen molar-refractivity contribution < 1.29 is 14.2 Å². The molecular formula is C15H20Cl2O3. The quantitative estimate of drug-likeness (QED) is 0.826. The van der Waals surface area contributed by atoms with Crippen LogP contribution in [0.1, 0.15) is 33.3 Å². The number of benzene rings is 1. The Labute approximate surface area is 130 Å². The molecule has 0 saturated carbocycles. The molecule has 0 N–H and O–H groups in total. The fraction of sp³-hybridized carbons (Fsp3) is 0.600. The van der Waals surface area contributed by atoms with Gasteiger partial charge < -0.3 is 14.2 Å². The Balaban J connectivity index is 2.06. The van der Waals surface area contributed by atoms with Gasteiger partial charge in [0.05, 0.1) is 23.8 Å². The first-order chi connectivity index (χ1) is 9.20. The molecule has 5 heteroatoms. The summed E-state index contributed by atoms with van der Waals surface area (Å²) in [5, 5.41) is 1.13. The van der Waals surface area contributed by atoms with Gasteiger partial charge in [-0.3, -0.25) is 0 Å². The molecule has 1 unspecified atom stereocenters. The van der Waals surface area contributed by atoms with Crippen LogP contribution in [0.3, 0.4) is 0 Å². The van der Waals surface area contributed by atoms with Crippen molar-refractivity contribution in [3.05, 3.63) is 33.8 Å². The van der Waals surface area contributed by atoms with E-state index in [0.29, 0.717) is 23.3 Å². The van der Waals surface area contributed by atoms with E-state index in [-0.39, 0.29) is 11.7 Å². The van der Waals surface area contributed by atoms with Gasteiger partial charge in [-0.05, 0) is 39.8 Å². The second-order valence-electron chi connectivity index (χ2n) is 6.04. The van der Waals surface area contributed by atoms with E-state index in [0.717, 1.165) is 5.56 Å². The summed E-state index contributed by atoms with van der Waals surface area (Å²) in [7, 11) is 0. The van der Waals surface area contributed by atoms with Gasteiger partial charge in [-0.15, -0.1) is 0 Å². The third-order valence-corrected chi connectivity index (χ3v) is 3.61. The van der Waals surface area contributed by atoms with Gasteiger partial charge in [-0.2, -0.15) is 0 Å². The molecule has 0 radical (unpaired) electrons. The van der Waals surface area contributed by atoms with Gasteiger partial charge in [-0.1, -0.05) is 29.3 Å². The third kappa shape index (κ3) is 3.86. The molecule has 1 aromatic rings. The Morgan fingerprint density at radius 2 is 2.05 bits per heavy atom. The SMILES string of the molecule is CC(C)(C)OCC1CO[C@](C)(c2ccc(Cl)cc2Cl)O1. The van der Waals surface area contributed by atoms with Crippen LogP contribution in [0.2, 0.25) is 10.0 Å². The molecule has 1 fully saturated rings. The van der Waals surface area contributed by atoms with Crippen molar-refractivity contribution >= 4 is 23.2 Å². The fourth-order valence-electron chi connectivity index (χ4n) is 2.06. The Kier molecular flexibility index (Phi) is 4.67. The topological polar surface area (TPSA) is 27.7 Å². The molecule has 1 aliphatic heterocycles. The number of hydrogen-bond acceptors (Lipinski definition) is 3. The summed E-state index contributed by atoms with van der Waals surface area (Å²) >= 11 is 12.1. The molecule has 1 aromatic carbocycles. The van der Waals surface area contributed by atoms with Crippen LogP contribution in [-0.4, -0.2) is 24.9 Å². The maximum absolute atomic E-state index is 6.22. The lowest BCUT2D eigenvalue weighted by atomic mass is 10.1. The van der Waals surface area contributed by atoms with Crippen molar-refractivity contribution in [2.24, 2.45) is 0 Å². The molecule has 0 aromatic heterocycles. The second-order valence-corrected chi connectivity index (χ2v) is 6.89. The molecule has 1 aliphatic rings. The average Bonchev–Trinajstić information content (AvgIpc) is 2.68. The summed E-state index contributed by atoms with van der Waals surface area (Å²) in [6.45, 7) is 8.86. The molecule has 1 saturated heterocycles. The molecule has 20 heavy (non-hydrogen) atoms. The first-order valence-corrected chi connectivity index (χ1v) is 7.36. The van der Waals surface area contributed by atoms with E-state index in [1.165, 1.54) is 0 Å². The summed E-state index contributed by atoms with van der Waals surface area (Å²) in [6, 6.07) is 5.30. The molecule has 0 bridgehead atoms. The van der Waals surface area contributed by atoms with Crippen LogP contribution in [0.5, 0.6) is 0 Å². The number of rotatable bonds is 3. The first-order valence-electron chi connectivity index (χ1n) is 6.61. The van der Waals surface area contributed by atoms with Crippen LogP contribution in [-0.2, 0) is 20.0 Å². The Morgan fingerprint density at radius 1 is 1.35 bits per heavy atom. The second kappa shape index (κ2) is 5.82. The van der Waals surface area contributed by atoms with Crippen molar-refractivity contribution in [1.82, 2.24) is 0 Å². The predicted octanol–water partition coefficient (Wildman–Crippen LogP) is 4.40. The van der Waals surface area contributed by atoms with Crippen molar-refractivity contribution in [2.75, 3.05) is 13.2 Å². The van der Waals surface area contributed by atoms with Gasteiger partial charge in [-0.25, -0.2) is 0 Å². The Morgan fingerprint density at radius 3 is 2.65 bits per heavy atom. The highest BCUT2D eigenvalue weighted by Gasteiger charge is 2.40. The van der Waals surface area contributed by atoms with E-state index in [2.05, 4.69) is 0 Å². The minimum absolute atomic E-state index is 0.106. The minimum Gasteiger partial charge on any atom is -0.373 e. The van der Waals surface area contributed by atoms with E-state index in [4.69, 9.17) is 37.4 Å². The number of hydrogen-bond donors (Lipinski definition) is 0. The van der Waals surface area contributed by atoms with Gasteiger partial charge in [0.2, 0.25) is 0 Å². The largest absolute Gasteiger partial charge is 0.373 e. The predicted molar refractivity (Wildman–Crippen MR) is 80.3 cm³/mol. The lowest BCUT2D eigenvalue weighted by Gasteiger charge is -2.26. The molecule has 112 valence electrons. The monoisotopic (exact) mass is 318 g/mol. The molecule has 2 atom stereocenters. The third-order valence-electron chi connectivity index (χ3n) is 3.06. The van der Waals surface area contributed by atoms with Crippen molar-refractivity contribution in [2.45, 2.75) is 45.2 Å². The van der Waals surface area contributed by atoms with E-state index in [1.807, 2.05) is 33.8 Å². The molecule has 3 nitrogen and oxygen atoms in total. The van der Waals surface area contributed by atoms with Crippen LogP contribution < -0.4 is 0 Å². The molecule has 0 aliphatic carbocycles. The van der Waals surface area contributed by atoms with Crippen molar-refractivity contribution in [3.63, 3.8) is 0 Å². The van der Waals surface area contributed by atoms with Crippen LogP contribution >= 0.6 is 23.2 Å². The van der Waals surface area contributed by atoms with Crippen LogP contribution in [0.4, 0.5) is 0 Å². The standard InChI is InChI=1S/C15H20Cl2O3/c1-14(2,3)18-8-11-9-19-15(4,20-11)12-6-5-10(16)7-13(12)17/h5-7,11H,8-9H2,1-4H3/t11?,15-/m0/s1. The fourth-order valence-corrected chi connectivity index (χ4v) is 2.64. The summed E-state index contributed by atoms with van der Waals surface area (Å²) in [4.78, 5) is 0. The normalized spacial score (nSPS) is 27.0. The molecule has 0 amide bonds. The van der Waals surface area contributed by atoms with E-state index in [1.54, 1.807) is 12.1 Å². The highest BCUT2D eigenvalue weighted by molar-refractivity contribution is 6.35. The van der Waals surface area contributed by atoms with Crippen LogP contribution in [0, 0.1) is 0 Å². The zero-order chi connectivity index (χ0) is 15.0. The van der Waals surface area contributed by atoms with Crippen molar-refractivity contribution in [3.8, 4) is 0 Å². The molecule has 2 rings (SSSR count). The number of halogens is 2. The van der Waals surface area contributed by atoms with Crippen molar-refractivity contribution in [1.29, 1.82) is 0 Å². The van der Waals surface area contributed by atoms with E-state index >= 15 is 0 Å². The highest BCUT2D eigenvalue weighted by atomic mass is 35.5. The smallest absolute Gasteiger partial charge is 0.194 e. The molecular weight excluding hydrogens is 299 g/mol. The zero-order valence-corrected chi connectivity index (χ0v) is 13.7. The highest BCUT2D eigenvalue weighted by Crippen LogP contribution is 2.38. The molecule has 0 spiro atoms. The van der Waals surface area contributed by atoms with E-state index < -0.39 is 5.79 Å². The Hall–Kier alpha value is -0.320. The van der Waals surface area contributed by atoms with Crippen LogP contribution in [0.25, 0.3) is 0 Å². The van der Waals surface area contributed by atoms with E-state index in [9.17, 15) is 0 Å². The summed E-state index contributed by atoms with van der Waals surface area (Å²) in [5.74, 6) is -0.854. The van der Waals surface area contributed by atoms with Gasteiger partial charge in [0.25, 0.3) is 0 Å². The molecule has 1 heterocycles. The maximum Gasteiger partial charge on any atom is 0.194 e. The average molecular weight is 319 g/mol. The summed E-state index contributed by atoms with van der Waals surface area (Å²) < 4.78 is 17.5. The lowest BCUT2D eigenvalue weighted by Crippen LogP contribution is -2.29. The van der Waals surface area contributed by atoms with Gasteiger partial charge in [0, 0.05) is 10.6 Å². The summed E-state index contributed by atoms with van der Waals surface area (Å²) in [5.41, 5.74) is 0.585. The number of ether oxygens (including phenoxy) is 3. The zero-order valence-electron chi connectivity index (χ0n) is 12.2. The van der Waals surface area contributed by atoms with Gasteiger partial charge in [0.15, 0.2) is 5.79 Å². The maximum atomic E-state index is 6.22. The van der Waals surface area contributed by atoms with Crippen LogP contribution in [0.15, 0.2) is 18.2 Å².